The average molecular weight is 565 g/mol. The van der Waals surface area contributed by atoms with Crippen LogP contribution in [0, 0.1) is 5.82 Å². The van der Waals surface area contributed by atoms with E-state index in [-0.39, 0.29) is 41.7 Å². The van der Waals surface area contributed by atoms with E-state index in [0.717, 1.165) is 13.0 Å². The maximum Gasteiger partial charge on any atom is 0.274 e. The van der Waals surface area contributed by atoms with Gasteiger partial charge >= 0.3 is 0 Å². The third kappa shape index (κ3) is 6.17. The van der Waals surface area contributed by atoms with E-state index in [1.54, 1.807) is 18.2 Å². The molecule has 39 heavy (non-hydrogen) atoms. The van der Waals surface area contributed by atoms with Crippen molar-refractivity contribution in [1.82, 2.24) is 0 Å². The van der Waals surface area contributed by atoms with Crippen LogP contribution in [0.5, 0.6) is 17.2 Å². The average Bonchev–Trinajstić information content (AvgIpc) is 3.32. The van der Waals surface area contributed by atoms with Crippen LogP contribution in [0.1, 0.15) is 29.7 Å². The third-order valence-electron chi connectivity index (χ3n) is 6.34. The van der Waals surface area contributed by atoms with Gasteiger partial charge in [0.2, 0.25) is 0 Å². The molecule has 0 bridgehead atoms. The van der Waals surface area contributed by atoms with Crippen LogP contribution in [-0.2, 0) is 17.1 Å². The minimum absolute atomic E-state index is 0.00746. The molecule has 7 nitrogen and oxygen atoms in total. The maximum atomic E-state index is 15.2. The van der Waals surface area contributed by atoms with Crippen LogP contribution in [0.25, 0.3) is 0 Å². The van der Waals surface area contributed by atoms with E-state index in [1.165, 1.54) is 43.4 Å². The van der Waals surface area contributed by atoms with Crippen LogP contribution in [-0.4, -0.2) is 45.0 Å². The lowest BCUT2D eigenvalue weighted by molar-refractivity contribution is -0.119. The van der Waals surface area contributed by atoms with Crippen molar-refractivity contribution >= 4 is 28.9 Å². The molecule has 3 aromatic carbocycles. The van der Waals surface area contributed by atoms with E-state index < -0.39 is 23.7 Å². The van der Waals surface area contributed by atoms with Crippen molar-refractivity contribution in [2.24, 2.45) is 0 Å². The summed E-state index contributed by atoms with van der Waals surface area (Å²) in [5, 5.41) is 12.3. The van der Waals surface area contributed by atoms with Crippen molar-refractivity contribution in [2.45, 2.75) is 25.3 Å². The third-order valence-corrected chi connectivity index (χ3v) is 6.58. The summed E-state index contributed by atoms with van der Waals surface area (Å²) >= 11 is 5.96. The Morgan fingerprint density at radius 3 is 2.51 bits per heavy atom. The number of alkyl halides is 2. The van der Waals surface area contributed by atoms with E-state index in [9.17, 15) is 13.6 Å². The number of fused-ring (bicyclic) bond motifs is 1. The second-order valence-electron chi connectivity index (χ2n) is 9.02. The highest BCUT2D eigenvalue weighted by Crippen LogP contribution is 2.42. The molecule has 0 fully saturated rings. The highest BCUT2D eigenvalue weighted by atomic mass is 35.5. The molecule has 3 aromatic rings. The van der Waals surface area contributed by atoms with E-state index >= 15 is 4.39 Å². The first-order valence-electron chi connectivity index (χ1n) is 12.1. The smallest absolute Gasteiger partial charge is 0.274 e. The van der Waals surface area contributed by atoms with Crippen molar-refractivity contribution < 1.29 is 37.3 Å². The van der Waals surface area contributed by atoms with Crippen LogP contribution in [0.2, 0.25) is 5.02 Å². The predicted molar refractivity (Wildman–Crippen MR) is 142 cm³/mol. The molecule has 1 unspecified atom stereocenters. The molecule has 1 aliphatic rings. The predicted octanol–water partition coefficient (Wildman–Crippen LogP) is 5.72. The number of amides is 1. The zero-order valence-electron chi connectivity index (χ0n) is 21.6. The monoisotopic (exact) mass is 564 g/mol. The molecular formula is C28H28ClF3N2O5. The summed E-state index contributed by atoms with van der Waals surface area (Å²) in [6.07, 6.45) is 0.404. The Morgan fingerprint density at radius 1 is 1.13 bits per heavy atom. The van der Waals surface area contributed by atoms with Crippen molar-refractivity contribution in [3.63, 3.8) is 0 Å². The summed E-state index contributed by atoms with van der Waals surface area (Å²) in [5.41, 5.74) is 0.975. The number of nitrogens with zero attached hydrogens (tertiary/aromatic N) is 1. The Bertz CT molecular complexity index is 1370. The van der Waals surface area contributed by atoms with E-state index in [1.807, 2.05) is 0 Å². The number of aliphatic hydroxyl groups is 1. The summed E-state index contributed by atoms with van der Waals surface area (Å²) < 4.78 is 60.0. The highest BCUT2D eigenvalue weighted by Gasteiger charge is 2.37. The summed E-state index contributed by atoms with van der Waals surface area (Å²) in [6.45, 7) is 0.770. The van der Waals surface area contributed by atoms with Gasteiger partial charge in [-0.05, 0) is 36.2 Å². The van der Waals surface area contributed by atoms with Gasteiger partial charge in [-0.3, -0.25) is 4.79 Å². The number of rotatable bonds is 10. The second kappa shape index (κ2) is 11.6. The fourth-order valence-electron chi connectivity index (χ4n) is 4.51. The molecule has 1 aliphatic heterocycles. The first-order valence-corrected chi connectivity index (χ1v) is 12.5. The number of nitrogens with one attached hydrogen (secondary N) is 1. The van der Waals surface area contributed by atoms with Gasteiger partial charge in [0.05, 0.1) is 26.4 Å². The van der Waals surface area contributed by atoms with Gasteiger partial charge in [0, 0.05) is 53.6 Å². The van der Waals surface area contributed by atoms with Crippen LogP contribution in [0.15, 0.2) is 48.5 Å². The van der Waals surface area contributed by atoms with Crippen LogP contribution >= 0.6 is 11.6 Å². The second-order valence-corrected chi connectivity index (χ2v) is 9.46. The number of ether oxygens (including phenoxy) is 3. The lowest BCUT2D eigenvalue weighted by Crippen LogP contribution is -2.37. The van der Waals surface area contributed by atoms with Crippen LogP contribution in [0.4, 0.5) is 24.5 Å². The maximum absolute atomic E-state index is 15.2. The number of halogens is 4. The number of hydrogen-bond acceptors (Lipinski definition) is 6. The number of methoxy groups -OCH3 is 2. The molecule has 2 N–H and O–H groups in total. The van der Waals surface area contributed by atoms with Crippen molar-refractivity contribution in [2.75, 3.05) is 44.2 Å². The highest BCUT2D eigenvalue weighted by molar-refractivity contribution is 6.30. The molecule has 4 rings (SSSR count). The number of hydrogen-bond donors (Lipinski definition) is 2. The Hall–Kier alpha value is -3.63. The van der Waals surface area contributed by atoms with Crippen LogP contribution in [0.3, 0.4) is 0 Å². The van der Waals surface area contributed by atoms with Gasteiger partial charge in [0.25, 0.3) is 11.8 Å². The van der Waals surface area contributed by atoms with Crippen molar-refractivity contribution in [3.8, 4) is 17.2 Å². The van der Waals surface area contributed by atoms with Gasteiger partial charge in [-0.25, -0.2) is 13.2 Å². The zero-order valence-corrected chi connectivity index (χ0v) is 22.3. The van der Waals surface area contributed by atoms with Gasteiger partial charge in [0.15, 0.2) is 0 Å². The molecule has 1 amide bonds. The topological polar surface area (TPSA) is 80.3 Å². The largest absolute Gasteiger partial charge is 0.497 e. The Labute approximate surface area is 229 Å². The first-order chi connectivity index (χ1) is 18.5. The van der Waals surface area contributed by atoms with E-state index in [0.29, 0.717) is 34.9 Å². The molecular weight excluding hydrogens is 537 g/mol. The summed E-state index contributed by atoms with van der Waals surface area (Å²) in [6, 6.07) is 10.2. The number of benzene rings is 3. The number of carbonyl (C=O) groups is 1. The fraction of sp³-hybridized carbons (Fsp3) is 0.321. The summed E-state index contributed by atoms with van der Waals surface area (Å²) in [7, 11) is 2.76. The molecule has 0 aliphatic carbocycles. The normalized spacial score (nSPS) is 13.6. The van der Waals surface area contributed by atoms with Crippen molar-refractivity contribution in [1.29, 1.82) is 0 Å². The molecule has 1 atom stereocenters. The van der Waals surface area contributed by atoms with Crippen molar-refractivity contribution in [3.05, 3.63) is 76.1 Å². The van der Waals surface area contributed by atoms with Crippen LogP contribution < -0.4 is 24.4 Å². The molecule has 0 saturated carbocycles. The summed E-state index contributed by atoms with van der Waals surface area (Å²) in [5.74, 6) is -3.73. The SMILES string of the molecule is COc1cc(NC(C(=O)N2CCc3cc(OC)c(C(C)(F)F)cc32)c2ccc(Cl)cc2F)cc(OCCO)c1. The molecule has 1 heterocycles. The van der Waals surface area contributed by atoms with Gasteiger partial charge < -0.3 is 29.5 Å². The van der Waals surface area contributed by atoms with Gasteiger partial charge in [-0.15, -0.1) is 0 Å². The minimum Gasteiger partial charge on any atom is -0.497 e. The number of anilines is 2. The Kier molecular flexibility index (Phi) is 8.46. The molecule has 208 valence electrons. The molecule has 11 heteroatoms. The fourth-order valence-corrected chi connectivity index (χ4v) is 4.66. The minimum atomic E-state index is -3.22. The molecule has 0 radical (unpaired) electrons. The molecule has 0 saturated heterocycles. The van der Waals surface area contributed by atoms with Gasteiger partial charge in [-0.2, -0.15) is 0 Å². The van der Waals surface area contributed by atoms with Gasteiger partial charge in [-0.1, -0.05) is 17.7 Å². The Balaban J connectivity index is 1.77. The molecule has 0 aromatic heterocycles. The lowest BCUT2D eigenvalue weighted by Gasteiger charge is -2.27. The van der Waals surface area contributed by atoms with E-state index in [4.69, 9.17) is 30.9 Å². The number of carbonyl (C=O) groups excluding carboxylic acids is 1. The lowest BCUT2D eigenvalue weighted by atomic mass is 10.0. The summed E-state index contributed by atoms with van der Waals surface area (Å²) in [4.78, 5) is 15.4. The number of aliphatic hydroxyl groups excluding tert-OH is 1. The standard InChI is InChI=1S/C28H28ClF3N2O5/c1-28(31,32)22-15-24-16(10-25(22)38-3)6-7-34(24)27(36)26(21-5-4-17(29)11-23(21)30)33-18-12-19(37-2)14-20(13-18)39-9-8-35/h4-5,10-15,26,33,35H,6-9H2,1-3H3. The zero-order chi connectivity index (χ0) is 28.3. The van der Waals surface area contributed by atoms with Gasteiger partial charge in [0.1, 0.15) is 35.7 Å². The molecule has 0 spiro atoms. The first kappa shape index (κ1) is 28.4. The quantitative estimate of drug-likeness (QED) is 0.328. The van der Waals surface area contributed by atoms with E-state index in [2.05, 4.69) is 5.32 Å². The Morgan fingerprint density at radius 2 is 1.87 bits per heavy atom.